The average molecular weight is 247 g/mol. The number of hydrogen-bond acceptors (Lipinski definition) is 5. The first-order chi connectivity index (χ1) is 8.72. The van der Waals surface area contributed by atoms with Gasteiger partial charge >= 0.3 is 0 Å². The van der Waals surface area contributed by atoms with Gasteiger partial charge in [-0.3, -0.25) is 0 Å². The molecule has 1 heterocycles. The summed E-state index contributed by atoms with van der Waals surface area (Å²) < 4.78 is 0. The largest absolute Gasteiger partial charge is 0.370 e. The van der Waals surface area contributed by atoms with Gasteiger partial charge in [-0.05, 0) is 18.8 Å². The molecule has 2 N–H and O–H groups in total. The molecule has 0 aromatic carbocycles. The second kappa shape index (κ2) is 8.29. The molecule has 98 valence electrons. The fourth-order valence-corrected chi connectivity index (χ4v) is 1.52. The molecule has 0 atom stereocenters. The molecule has 0 amide bonds. The molecule has 5 heteroatoms. The van der Waals surface area contributed by atoms with Crippen molar-refractivity contribution in [3.8, 4) is 6.07 Å². The fraction of sp³-hybridized carbons (Fsp3) is 0.615. The molecule has 0 saturated carbocycles. The third-order valence-corrected chi connectivity index (χ3v) is 2.47. The first-order valence-electron chi connectivity index (χ1n) is 6.39. The van der Waals surface area contributed by atoms with Crippen molar-refractivity contribution in [1.29, 1.82) is 5.26 Å². The molecule has 0 spiro atoms. The Morgan fingerprint density at radius 2 is 1.89 bits per heavy atom. The molecule has 0 aliphatic rings. The number of rotatable bonds is 8. The molecule has 0 aliphatic carbocycles. The zero-order valence-electron chi connectivity index (χ0n) is 11.1. The van der Waals surface area contributed by atoms with E-state index in [4.69, 9.17) is 5.26 Å². The monoisotopic (exact) mass is 247 g/mol. The van der Waals surface area contributed by atoms with Crippen LogP contribution in [0, 0.1) is 17.2 Å². The number of anilines is 2. The molecule has 0 radical (unpaired) electrons. The minimum Gasteiger partial charge on any atom is -0.370 e. The van der Waals surface area contributed by atoms with Crippen molar-refractivity contribution in [2.75, 3.05) is 23.7 Å². The van der Waals surface area contributed by atoms with Crippen molar-refractivity contribution in [2.45, 2.75) is 33.1 Å². The lowest BCUT2D eigenvalue weighted by atomic mass is 10.1. The van der Waals surface area contributed by atoms with E-state index in [-0.39, 0.29) is 0 Å². The second-order valence-electron chi connectivity index (χ2n) is 4.59. The maximum atomic E-state index is 8.45. The maximum absolute atomic E-state index is 8.45. The van der Waals surface area contributed by atoms with Crippen LogP contribution in [0.25, 0.3) is 0 Å². The SMILES string of the molecule is CC(C)CCCNc1cc(NCCC#N)ncn1. The van der Waals surface area contributed by atoms with E-state index >= 15 is 0 Å². The molecule has 18 heavy (non-hydrogen) atoms. The highest BCUT2D eigenvalue weighted by atomic mass is 15.1. The van der Waals surface area contributed by atoms with Crippen LogP contribution < -0.4 is 10.6 Å². The Hall–Kier alpha value is -1.83. The van der Waals surface area contributed by atoms with Crippen molar-refractivity contribution in [3.05, 3.63) is 12.4 Å². The highest BCUT2D eigenvalue weighted by Gasteiger charge is 1.98. The van der Waals surface area contributed by atoms with Crippen LogP contribution in [-0.4, -0.2) is 23.1 Å². The summed E-state index contributed by atoms with van der Waals surface area (Å²) in [6, 6.07) is 3.95. The molecule has 0 unspecified atom stereocenters. The van der Waals surface area contributed by atoms with Gasteiger partial charge in [-0.2, -0.15) is 5.26 Å². The number of hydrogen-bond donors (Lipinski definition) is 2. The smallest absolute Gasteiger partial charge is 0.131 e. The summed E-state index contributed by atoms with van der Waals surface area (Å²) in [5.74, 6) is 2.32. The number of nitriles is 1. The van der Waals surface area contributed by atoms with Crippen LogP contribution in [0.15, 0.2) is 12.4 Å². The maximum Gasteiger partial charge on any atom is 0.131 e. The van der Waals surface area contributed by atoms with Gasteiger partial charge in [0.1, 0.15) is 18.0 Å². The highest BCUT2D eigenvalue weighted by molar-refractivity contribution is 5.46. The van der Waals surface area contributed by atoms with E-state index in [1.807, 2.05) is 6.07 Å². The summed E-state index contributed by atoms with van der Waals surface area (Å²) in [7, 11) is 0. The Balaban J connectivity index is 2.33. The van der Waals surface area contributed by atoms with Gasteiger partial charge in [0.05, 0.1) is 12.5 Å². The Bertz CT molecular complexity index is 383. The third kappa shape index (κ3) is 6.04. The Labute approximate surface area is 109 Å². The molecule has 1 aromatic heterocycles. The summed E-state index contributed by atoms with van der Waals surface area (Å²) >= 11 is 0. The summed E-state index contributed by atoms with van der Waals surface area (Å²) in [6.07, 6.45) is 4.35. The van der Waals surface area contributed by atoms with E-state index in [9.17, 15) is 0 Å². The van der Waals surface area contributed by atoms with E-state index < -0.39 is 0 Å². The Morgan fingerprint density at radius 1 is 1.22 bits per heavy atom. The number of nitrogens with zero attached hydrogens (tertiary/aromatic N) is 3. The molecule has 1 rings (SSSR count). The third-order valence-electron chi connectivity index (χ3n) is 2.47. The zero-order valence-corrected chi connectivity index (χ0v) is 11.1. The summed E-state index contributed by atoms with van der Waals surface area (Å²) in [6.45, 7) is 5.98. The van der Waals surface area contributed by atoms with Gasteiger partial charge in [0.25, 0.3) is 0 Å². The van der Waals surface area contributed by atoms with E-state index in [0.29, 0.717) is 13.0 Å². The van der Waals surface area contributed by atoms with Crippen LogP contribution in [0.3, 0.4) is 0 Å². The lowest BCUT2D eigenvalue weighted by molar-refractivity contribution is 0.566. The van der Waals surface area contributed by atoms with Crippen LogP contribution in [0.5, 0.6) is 0 Å². The van der Waals surface area contributed by atoms with Crippen LogP contribution in [-0.2, 0) is 0 Å². The molecule has 0 bridgehead atoms. The average Bonchev–Trinajstić information content (AvgIpc) is 2.35. The minimum absolute atomic E-state index is 0.473. The van der Waals surface area contributed by atoms with Crippen molar-refractivity contribution in [1.82, 2.24) is 9.97 Å². The minimum atomic E-state index is 0.473. The summed E-state index contributed by atoms with van der Waals surface area (Å²) in [4.78, 5) is 8.25. The van der Waals surface area contributed by atoms with Crippen LogP contribution >= 0.6 is 0 Å². The first-order valence-corrected chi connectivity index (χ1v) is 6.39. The normalized spacial score (nSPS) is 10.1. The van der Waals surface area contributed by atoms with Crippen molar-refractivity contribution in [2.24, 2.45) is 5.92 Å². The van der Waals surface area contributed by atoms with Gasteiger partial charge < -0.3 is 10.6 Å². The molecule has 0 aliphatic heterocycles. The van der Waals surface area contributed by atoms with Crippen molar-refractivity contribution >= 4 is 11.6 Å². The molecule has 0 saturated heterocycles. The Morgan fingerprint density at radius 3 is 2.50 bits per heavy atom. The van der Waals surface area contributed by atoms with Crippen LogP contribution in [0.4, 0.5) is 11.6 Å². The molecule has 5 nitrogen and oxygen atoms in total. The summed E-state index contributed by atoms with van der Waals surface area (Å²) in [5, 5.41) is 14.8. The Kier molecular flexibility index (Phi) is 6.55. The van der Waals surface area contributed by atoms with Gasteiger partial charge in [0.2, 0.25) is 0 Å². The predicted octanol–water partition coefficient (Wildman–Crippen LogP) is 2.65. The van der Waals surface area contributed by atoms with Crippen LogP contribution in [0.1, 0.15) is 33.1 Å². The van der Waals surface area contributed by atoms with Crippen molar-refractivity contribution in [3.63, 3.8) is 0 Å². The lowest BCUT2D eigenvalue weighted by Gasteiger charge is -2.08. The van der Waals surface area contributed by atoms with Gasteiger partial charge in [-0.1, -0.05) is 13.8 Å². The van der Waals surface area contributed by atoms with Gasteiger partial charge in [-0.25, -0.2) is 9.97 Å². The second-order valence-corrected chi connectivity index (χ2v) is 4.59. The van der Waals surface area contributed by atoms with Crippen molar-refractivity contribution < 1.29 is 0 Å². The molecular weight excluding hydrogens is 226 g/mol. The van der Waals surface area contributed by atoms with Gasteiger partial charge in [0.15, 0.2) is 0 Å². The van der Waals surface area contributed by atoms with E-state index in [2.05, 4.69) is 40.5 Å². The topological polar surface area (TPSA) is 73.6 Å². The molecular formula is C13H21N5. The fourth-order valence-electron chi connectivity index (χ4n) is 1.52. The summed E-state index contributed by atoms with van der Waals surface area (Å²) in [5.41, 5.74) is 0. The zero-order chi connectivity index (χ0) is 13.2. The lowest BCUT2D eigenvalue weighted by Crippen LogP contribution is -2.07. The van der Waals surface area contributed by atoms with E-state index in [1.54, 1.807) is 0 Å². The first kappa shape index (κ1) is 14.2. The number of nitrogens with one attached hydrogen (secondary N) is 2. The van der Waals surface area contributed by atoms with Gasteiger partial charge in [-0.15, -0.1) is 0 Å². The molecule has 1 aromatic rings. The van der Waals surface area contributed by atoms with E-state index in [1.165, 1.54) is 12.7 Å². The van der Waals surface area contributed by atoms with Gasteiger partial charge in [0, 0.05) is 19.2 Å². The van der Waals surface area contributed by atoms with E-state index in [0.717, 1.165) is 30.5 Å². The standard InChI is InChI=1S/C13H21N5/c1-11(2)5-3-7-15-12-9-13(18-10-17-12)16-8-4-6-14/h9-11H,3-5,7-8H2,1-2H3,(H2,15,16,17,18). The molecule has 0 fully saturated rings. The highest BCUT2D eigenvalue weighted by Crippen LogP contribution is 2.09. The number of aromatic nitrogens is 2. The quantitative estimate of drug-likeness (QED) is 0.691. The van der Waals surface area contributed by atoms with Crippen LogP contribution in [0.2, 0.25) is 0 Å². The predicted molar refractivity (Wildman–Crippen MR) is 73.3 cm³/mol.